The monoisotopic (exact) mass is 387 g/mol. The Hall–Kier alpha value is -2.35. The van der Waals surface area contributed by atoms with Crippen molar-refractivity contribution in [1.82, 2.24) is 14.8 Å². The maximum atomic E-state index is 13.2. The molecule has 2 atom stereocenters. The Bertz CT molecular complexity index is 1100. The van der Waals surface area contributed by atoms with Gasteiger partial charge in [0.1, 0.15) is 6.04 Å². The van der Waals surface area contributed by atoms with Crippen LogP contribution in [0.2, 0.25) is 0 Å². The maximum Gasteiger partial charge on any atom is 0.328 e. The number of aromatic nitrogens is 1. The summed E-state index contributed by atoms with van der Waals surface area (Å²) in [5.74, 6) is -0.363. The number of fused-ring (bicyclic) bond motifs is 4. The third kappa shape index (κ3) is 2.16. The number of nitrogens with one attached hydrogen (secondary N) is 1. The van der Waals surface area contributed by atoms with E-state index in [2.05, 4.69) is 4.98 Å². The normalized spacial score (nSPS) is 28.7. The van der Waals surface area contributed by atoms with Crippen LogP contribution in [-0.2, 0) is 26.6 Å². The molecule has 3 aliphatic rings. The summed E-state index contributed by atoms with van der Waals surface area (Å²) in [6.45, 7) is 3.88. The third-order valence-electron chi connectivity index (χ3n) is 6.25. The number of sulfone groups is 1. The van der Waals surface area contributed by atoms with Crippen LogP contribution in [0.5, 0.6) is 0 Å². The van der Waals surface area contributed by atoms with E-state index in [1.807, 2.05) is 38.1 Å². The molecule has 0 saturated carbocycles. The van der Waals surface area contributed by atoms with E-state index in [1.165, 1.54) is 4.90 Å². The van der Waals surface area contributed by atoms with Gasteiger partial charge in [-0.3, -0.25) is 9.69 Å². The van der Waals surface area contributed by atoms with Gasteiger partial charge in [-0.15, -0.1) is 0 Å². The maximum absolute atomic E-state index is 13.2. The van der Waals surface area contributed by atoms with Gasteiger partial charge < -0.3 is 9.88 Å². The van der Waals surface area contributed by atoms with Crippen LogP contribution in [0.3, 0.4) is 0 Å². The number of H-pyrrole nitrogens is 1. The molecular weight excluding hydrogens is 366 g/mol. The number of aromatic amines is 1. The largest absolute Gasteiger partial charge is 0.356 e. The molecule has 1 aromatic carbocycles. The predicted octanol–water partition coefficient (Wildman–Crippen LogP) is 1.78. The molecule has 2 aromatic rings. The van der Waals surface area contributed by atoms with Crippen molar-refractivity contribution in [3.8, 4) is 0 Å². The van der Waals surface area contributed by atoms with Crippen molar-refractivity contribution in [2.45, 2.75) is 44.3 Å². The average Bonchev–Trinajstić information content (AvgIpc) is 3.22. The van der Waals surface area contributed by atoms with E-state index < -0.39 is 27.5 Å². The van der Waals surface area contributed by atoms with Crippen LogP contribution < -0.4 is 0 Å². The molecular formula is C19H21N3O4S. The van der Waals surface area contributed by atoms with Crippen LogP contribution in [0, 0.1) is 0 Å². The van der Waals surface area contributed by atoms with Crippen LogP contribution in [0.25, 0.3) is 10.9 Å². The molecule has 3 amide bonds. The van der Waals surface area contributed by atoms with E-state index >= 15 is 0 Å². The van der Waals surface area contributed by atoms with Crippen molar-refractivity contribution in [1.29, 1.82) is 0 Å². The summed E-state index contributed by atoms with van der Waals surface area (Å²) in [7, 11) is -3.18. The van der Waals surface area contributed by atoms with Crippen LogP contribution in [-0.4, -0.2) is 58.7 Å². The molecule has 4 heterocycles. The second-order valence-electron chi connectivity index (χ2n) is 8.22. The zero-order chi connectivity index (χ0) is 19.1. The van der Waals surface area contributed by atoms with Crippen molar-refractivity contribution in [2.75, 3.05) is 11.5 Å². The average molecular weight is 387 g/mol. The summed E-state index contributed by atoms with van der Waals surface area (Å²) in [5, 5.41) is 1.07. The van der Waals surface area contributed by atoms with Crippen molar-refractivity contribution in [2.24, 2.45) is 0 Å². The second-order valence-corrected chi connectivity index (χ2v) is 10.4. The number of hydrogen-bond donors (Lipinski definition) is 1. The fourth-order valence-corrected chi connectivity index (χ4v) is 6.69. The molecule has 2 fully saturated rings. The van der Waals surface area contributed by atoms with Crippen LogP contribution >= 0.6 is 0 Å². The Labute approximate surface area is 157 Å². The van der Waals surface area contributed by atoms with E-state index in [-0.39, 0.29) is 23.4 Å². The molecule has 0 bridgehead atoms. The highest BCUT2D eigenvalue weighted by Crippen LogP contribution is 2.45. The summed E-state index contributed by atoms with van der Waals surface area (Å²) >= 11 is 0. The van der Waals surface area contributed by atoms with E-state index in [9.17, 15) is 18.0 Å². The van der Waals surface area contributed by atoms with Crippen molar-refractivity contribution in [3.63, 3.8) is 0 Å². The van der Waals surface area contributed by atoms with Gasteiger partial charge in [-0.05, 0) is 31.9 Å². The van der Waals surface area contributed by atoms with Gasteiger partial charge in [0.2, 0.25) is 0 Å². The highest BCUT2D eigenvalue weighted by molar-refractivity contribution is 7.91. The van der Waals surface area contributed by atoms with Gasteiger partial charge in [-0.2, -0.15) is 0 Å². The van der Waals surface area contributed by atoms with Gasteiger partial charge >= 0.3 is 6.03 Å². The highest BCUT2D eigenvalue weighted by Gasteiger charge is 2.57. The smallest absolute Gasteiger partial charge is 0.328 e. The Morgan fingerprint density at radius 1 is 1.19 bits per heavy atom. The first-order valence-electron chi connectivity index (χ1n) is 9.17. The number of hydrogen-bond acceptors (Lipinski definition) is 4. The van der Waals surface area contributed by atoms with Crippen molar-refractivity contribution < 1.29 is 18.0 Å². The summed E-state index contributed by atoms with van der Waals surface area (Å²) in [6.07, 6.45) is 0.776. The van der Waals surface area contributed by atoms with E-state index in [0.29, 0.717) is 12.8 Å². The number of benzene rings is 1. The summed E-state index contributed by atoms with van der Waals surface area (Å²) in [4.78, 5) is 32.7. The number of amides is 3. The van der Waals surface area contributed by atoms with Gasteiger partial charge in [-0.1, -0.05) is 18.2 Å². The van der Waals surface area contributed by atoms with Crippen molar-refractivity contribution in [3.05, 3.63) is 35.5 Å². The van der Waals surface area contributed by atoms with Crippen LogP contribution in [0.4, 0.5) is 4.79 Å². The van der Waals surface area contributed by atoms with Gasteiger partial charge in [0, 0.05) is 23.0 Å². The lowest BCUT2D eigenvalue weighted by Crippen LogP contribution is -2.52. The number of carbonyl (C=O) groups is 2. The van der Waals surface area contributed by atoms with Crippen LogP contribution in [0.1, 0.15) is 31.5 Å². The molecule has 1 aromatic heterocycles. The quantitative estimate of drug-likeness (QED) is 0.755. The molecule has 5 rings (SSSR count). The zero-order valence-corrected chi connectivity index (χ0v) is 16.0. The minimum absolute atomic E-state index is 0.0342. The Morgan fingerprint density at radius 3 is 2.63 bits per heavy atom. The number of para-hydroxylation sites is 1. The van der Waals surface area contributed by atoms with Gasteiger partial charge in [0.15, 0.2) is 9.84 Å². The molecule has 0 aliphatic carbocycles. The molecule has 7 nitrogen and oxygen atoms in total. The molecule has 27 heavy (non-hydrogen) atoms. The molecule has 2 saturated heterocycles. The van der Waals surface area contributed by atoms with Crippen molar-refractivity contribution >= 4 is 32.7 Å². The summed E-state index contributed by atoms with van der Waals surface area (Å²) in [5.41, 5.74) is 2.33. The number of rotatable bonds is 1. The zero-order valence-electron chi connectivity index (χ0n) is 15.2. The lowest BCUT2D eigenvalue weighted by molar-refractivity contribution is -0.130. The number of imide groups is 1. The van der Waals surface area contributed by atoms with E-state index in [4.69, 9.17) is 0 Å². The fraction of sp³-hybridized carbons (Fsp3) is 0.474. The predicted molar refractivity (Wildman–Crippen MR) is 100.0 cm³/mol. The lowest BCUT2D eigenvalue weighted by Gasteiger charge is -2.42. The number of nitrogens with zero attached hydrogens (tertiary/aromatic N) is 2. The fourth-order valence-electron chi connectivity index (χ4n) is 4.99. The minimum Gasteiger partial charge on any atom is -0.356 e. The lowest BCUT2D eigenvalue weighted by atomic mass is 9.85. The van der Waals surface area contributed by atoms with Crippen LogP contribution in [0.15, 0.2) is 24.3 Å². The van der Waals surface area contributed by atoms with E-state index in [1.54, 1.807) is 4.90 Å². The van der Waals surface area contributed by atoms with Gasteiger partial charge in [0.25, 0.3) is 5.91 Å². The molecule has 0 radical (unpaired) electrons. The Morgan fingerprint density at radius 2 is 1.93 bits per heavy atom. The highest BCUT2D eigenvalue weighted by atomic mass is 32.2. The SMILES string of the molecule is CC1(C)c2[nH]c3ccccc3c2C[C@H]2C(=O)N([C@H]3CCS(=O)(=O)C3)C(=O)N21. The second kappa shape index (κ2) is 5.13. The Balaban J connectivity index is 1.60. The molecule has 3 aliphatic heterocycles. The van der Waals surface area contributed by atoms with E-state index in [0.717, 1.165) is 22.2 Å². The molecule has 8 heteroatoms. The summed E-state index contributed by atoms with van der Waals surface area (Å²) < 4.78 is 23.7. The third-order valence-corrected chi connectivity index (χ3v) is 8.00. The van der Waals surface area contributed by atoms with Gasteiger partial charge in [0.05, 0.1) is 23.1 Å². The molecule has 142 valence electrons. The van der Waals surface area contributed by atoms with Gasteiger partial charge in [-0.25, -0.2) is 13.2 Å². The molecule has 0 unspecified atom stereocenters. The first-order chi connectivity index (χ1) is 12.7. The standard InChI is InChI=1S/C19H21N3O4S/c1-19(2)16-13(12-5-3-4-6-14(12)20-16)9-15-17(23)21(18(24)22(15)19)11-7-8-27(25,26)10-11/h3-6,11,15,20H,7-10H2,1-2H3/t11-,15-/m0/s1. The summed E-state index contributed by atoms with van der Waals surface area (Å²) in [6, 6.07) is 6.44. The topological polar surface area (TPSA) is 90.5 Å². The molecule has 1 N–H and O–H groups in total. The minimum atomic E-state index is -3.18. The Kier molecular flexibility index (Phi) is 3.19. The number of urea groups is 1. The number of carbonyl (C=O) groups excluding carboxylic acids is 2. The molecule has 0 spiro atoms. The first-order valence-corrected chi connectivity index (χ1v) is 11.0. The first kappa shape index (κ1) is 16.8.